The summed E-state index contributed by atoms with van der Waals surface area (Å²) in [4.78, 5) is 0. The van der Waals surface area contributed by atoms with Crippen molar-refractivity contribution in [3.8, 4) is 5.75 Å². The maximum Gasteiger partial charge on any atom is 0.165 e. The van der Waals surface area contributed by atoms with Crippen molar-refractivity contribution in [1.82, 2.24) is 9.78 Å². The number of ether oxygens (including phenoxy) is 1. The first-order valence-corrected chi connectivity index (χ1v) is 6.58. The lowest BCUT2D eigenvalue weighted by Crippen LogP contribution is -2.12. The molecule has 0 saturated carbocycles. The Hall–Kier alpha value is -1.59. The minimum absolute atomic E-state index is 0.0505. The number of methoxy groups -OCH3 is 1. The van der Waals surface area contributed by atoms with Crippen LogP contribution in [0.3, 0.4) is 0 Å². The third kappa shape index (κ3) is 2.64. The van der Waals surface area contributed by atoms with Gasteiger partial charge in [-0.05, 0) is 31.5 Å². The zero-order valence-electron chi connectivity index (χ0n) is 11.5. The molecule has 6 heteroatoms. The van der Waals surface area contributed by atoms with Gasteiger partial charge in [0.2, 0.25) is 0 Å². The summed E-state index contributed by atoms with van der Waals surface area (Å²) in [5.41, 5.74) is 0.975. The van der Waals surface area contributed by atoms with Gasteiger partial charge in [-0.3, -0.25) is 4.68 Å². The van der Waals surface area contributed by atoms with Gasteiger partial charge in [0.25, 0.3) is 0 Å². The molecule has 1 unspecified atom stereocenters. The molecular weight excluding hydrogens is 283 g/mol. The third-order valence-corrected chi connectivity index (χ3v) is 3.32. The summed E-state index contributed by atoms with van der Waals surface area (Å²) in [6, 6.07) is 4.25. The van der Waals surface area contributed by atoms with E-state index in [2.05, 4.69) is 5.10 Å². The summed E-state index contributed by atoms with van der Waals surface area (Å²) in [5.74, 6) is -0.403. The van der Waals surface area contributed by atoms with Crippen molar-refractivity contribution in [3.63, 3.8) is 0 Å². The van der Waals surface area contributed by atoms with Gasteiger partial charge < -0.3 is 9.84 Å². The highest BCUT2D eigenvalue weighted by Gasteiger charge is 2.22. The average molecular weight is 299 g/mol. The Morgan fingerprint density at radius 2 is 2.10 bits per heavy atom. The van der Waals surface area contributed by atoms with E-state index >= 15 is 0 Å². The molecule has 1 atom stereocenters. The van der Waals surface area contributed by atoms with Crippen LogP contribution < -0.4 is 4.74 Å². The molecule has 4 nitrogen and oxygen atoms in total. The number of aromatic nitrogens is 2. The number of aliphatic hydroxyl groups excluding tert-OH is 1. The topological polar surface area (TPSA) is 47.3 Å². The Balaban J connectivity index is 2.46. The predicted octanol–water partition coefficient (Wildman–Crippen LogP) is 3.35. The Morgan fingerprint density at radius 3 is 2.70 bits per heavy atom. The van der Waals surface area contributed by atoms with Gasteiger partial charge in [-0.15, -0.1) is 0 Å². The van der Waals surface area contributed by atoms with E-state index in [1.165, 1.54) is 31.5 Å². The molecule has 0 aliphatic carbocycles. The fourth-order valence-corrected chi connectivity index (χ4v) is 2.26. The fourth-order valence-electron chi connectivity index (χ4n) is 2.02. The van der Waals surface area contributed by atoms with Crippen molar-refractivity contribution in [1.29, 1.82) is 0 Å². The van der Waals surface area contributed by atoms with E-state index in [0.29, 0.717) is 16.3 Å². The highest BCUT2D eigenvalue weighted by molar-refractivity contribution is 6.31. The molecule has 0 fully saturated rings. The maximum absolute atomic E-state index is 13.4. The molecule has 0 spiro atoms. The molecule has 2 aromatic rings. The molecule has 1 N–H and O–H groups in total. The summed E-state index contributed by atoms with van der Waals surface area (Å²) in [5, 5.41) is 15.0. The Labute approximate surface area is 121 Å². The first-order chi connectivity index (χ1) is 9.45. The van der Waals surface area contributed by atoms with Gasteiger partial charge in [-0.2, -0.15) is 5.10 Å². The van der Waals surface area contributed by atoms with Crippen LogP contribution in [0.2, 0.25) is 5.02 Å². The van der Waals surface area contributed by atoms with Crippen LogP contribution in [-0.2, 0) is 0 Å². The second kappa shape index (κ2) is 5.81. The molecule has 2 rings (SSSR count). The van der Waals surface area contributed by atoms with E-state index in [1.807, 2.05) is 13.8 Å². The number of nitrogens with zero attached hydrogens (tertiary/aromatic N) is 2. The van der Waals surface area contributed by atoms with Crippen LogP contribution in [0.15, 0.2) is 24.4 Å². The van der Waals surface area contributed by atoms with Crippen LogP contribution in [-0.4, -0.2) is 22.0 Å². The molecule has 0 radical (unpaired) electrons. The van der Waals surface area contributed by atoms with Gasteiger partial charge >= 0.3 is 0 Å². The summed E-state index contributed by atoms with van der Waals surface area (Å²) in [6.45, 7) is 3.87. The van der Waals surface area contributed by atoms with E-state index in [9.17, 15) is 9.50 Å². The minimum atomic E-state index is -0.998. The highest BCUT2D eigenvalue weighted by atomic mass is 35.5. The number of hydrogen-bond donors (Lipinski definition) is 1. The standard InChI is InChI=1S/C14H16ClFN2O2/c1-8(2)18-13(10(15)7-17-18)14(19)9-4-5-11(16)12(6-9)20-3/h4-8,14,19H,1-3H3. The zero-order valence-corrected chi connectivity index (χ0v) is 12.2. The molecule has 108 valence electrons. The third-order valence-electron chi connectivity index (χ3n) is 3.03. The van der Waals surface area contributed by atoms with Gasteiger partial charge in [0, 0.05) is 6.04 Å². The fraction of sp³-hybridized carbons (Fsp3) is 0.357. The van der Waals surface area contributed by atoms with Crippen LogP contribution in [0, 0.1) is 5.82 Å². The summed E-state index contributed by atoms with van der Waals surface area (Å²) in [6.07, 6.45) is 0.489. The van der Waals surface area contributed by atoms with Crippen molar-refractivity contribution >= 4 is 11.6 Å². The van der Waals surface area contributed by atoms with Crippen molar-refractivity contribution < 1.29 is 14.2 Å². The van der Waals surface area contributed by atoms with Gasteiger partial charge in [0.05, 0.1) is 24.0 Å². The molecule has 0 aliphatic rings. The second-order valence-electron chi connectivity index (χ2n) is 4.71. The smallest absolute Gasteiger partial charge is 0.165 e. The lowest BCUT2D eigenvalue weighted by molar-refractivity contribution is 0.204. The summed E-state index contributed by atoms with van der Waals surface area (Å²) in [7, 11) is 1.37. The van der Waals surface area contributed by atoms with E-state index < -0.39 is 11.9 Å². The Kier molecular flexibility index (Phi) is 4.30. The maximum atomic E-state index is 13.4. The molecule has 0 amide bonds. The highest BCUT2D eigenvalue weighted by Crippen LogP contribution is 2.32. The van der Waals surface area contributed by atoms with Crippen molar-refractivity contribution in [3.05, 3.63) is 46.5 Å². The number of halogens is 2. The second-order valence-corrected chi connectivity index (χ2v) is 5.12. The largest absolute Gasteiger partial charge is 0.494 e. The zero-order chi connectivity index (χ0) is 14.9. The molecule has 20 heavy (non-hydrogen) atoms. The molecule has 1 aromatic heterocycles. The van der Waals surface area contributed by atoms with Crippen LogP contribution >= 0.6 is 11.6 Å². The van der Waals surface area contributed by atoms with E-state index in [4.69, 9.17) is 16.3 Å². The quantitative estimate of drug-likeness (QED) is 0.941. The number of rotatable bonds is 4. The van der Waals surface area contributed by atoms with Crippen molar-refractivity contribution in [2.24, 2.45) is 0 Å². The Morgan fingerprint density at radius 1 is 1.40 bits per heavy atom. The van der Waals surface area contributed by atoms with Gasteiger partial charge in [-0.1, -0.05) is 17.7 Å². The summed E-state index contributed by atoms with van der Waals surface area (Å²) < 4.78 is 20.0. The number of aliphatic hydroxyl groups is 1. The van der Waals surface area contributed by atoms with Crippen LogP contribution in [0.5, 0.6) is 5.75 Å². The SMILES string of the molecule is COc1cc(C(O)c2c(Cl)cnn2C(C)C)ccc1F. The van der Waals surface area contributed by atoms with E-state index in [1.54, 1.807) is 4.68 Å². The molecular formula is C14H16ClFN2O2. The van der Waals surface area contributed by atoms with Crippen LogP contribution in [0.1, 0.15) is 37.3 Å². The van der Waals surface area contributed by atoms with Crippen molar-refractivity contribution in [2.45, 2.75) is 26.0 Å². The number of benzene rings is 1. The monoisotopic (exact) mass is 298 g/mol. The van der Waals surface area contributed by atoms with E-state index in [-0.39, 0.29) is 11.8 Å². The van der Waals surface area contributed by atoms with Crippen molar-refractivity contribution in [2.75, 3.05) is 7.11 Å². The predicted molar refractivity (Wildman–Crippen MR) is 74.6 cm³/mol. The minimum Gasteiger partial charge on any atom is -0.494 e. The summed E-state index contributed by atoms with van der Waals surface area (Å²) >= 11 is 6.09. The number of hydrogen-bond acceptors (Lipinski definition) is 3. The molecule has 0 bridgehead atoms. The Bertz CT molecular complexity index is 613. The van der Waals surface area contributed by atoms with Gasteiger partial charge in [0.15, 0.2) is 11.6 Å². The lowest BCUT2D eigenvalue weighted by atomic mass is 10.1. The first-order valence-electron chi connectivity index (χ1n) is 6.20. The van der Waals surface area contributed by atoms with E-state index in [0.717, 1.165) is 0 Å². The molecule has 1 heterocycles. The first kappa shape index (κ1) is 14.8. The lowest BCUT2D eigenvalue weighted by Gasteiger charge is -2.17. The molecule has 1 aromatic carbocycles. The van der Waals surface area contributed by atoms with Crippen LogP contribution in [0.25, 0.3) is 0 Å². The van der Waals surface area contributed by atoms with Gasteiger partial charge in [0.1, 0.15) is 6.10 Å². The molecule has 0 saturated heterocycles. The average Bonchev–Trinajstić information content (AvgIpc) is 2.80. The van der Waals surface area contributed by atoms with Gasteiger partial charge in [-0.25, -0.2) is 4.39 Å². The van der Waals surface area contributed by atoms with Crippen LogP contribution in [0.4, 0.5) is 4.39 Å². The normalized spacial score (nSPS) is 12.8. The molecule has 0 aliphatic heterocycles.